The molecule has 6 heteroatoms. The van der Waals surface area contributed by atoms with Gasteiger partial charge in [-0.3, -0.25) is 4.79 Å². The molecule has 1 fully saturated rings. The Labute approximate surface area is 149 Å². The summed E-state index contributed by atoms with van der Waals surface area (Å²) in [5, 5.41) is 4.55. The van der Waals surface area contributed by atoms with Crippen LogP contribution < -0.4 is 0 Å². The van der Waals surface area contributed by atoms with Crippen LogP contribution in [0.2, 0.25) is 0 Å². The number of nitrogens with zero attached hydrogens (tertiary/aromatic N) is 5. The lowest BCUT2D eigenvalue weighted by molar-refractivity contribution is 0.0521. The molecule has 0 bridgehead atoms. The van der Waals surface area contributed by atoms with Crippen LogP contribution in [0.25, 0.3) is 5.69 Å². The van der Waals surface area contributed by atoms with Gasteiger partial charge in [-0.05, 0) is 38.4 Å². The molecule has 1 saturated heterocycles. The van der Waals surface area contributed by atoms with Crippen molar-refractivity contribution in [1.29, 1.82) is 0 Å². The van der Waals surface area contributed by atoms with Gasteiger partial charge in [0.2, 0.25) is 5.82 Å². The van der Waals surface area contributed by atoms with Crippen LogP contribution in [0.4, 0.5) is 0 Å². The Hall–Kier alpha value is -2.21. The van der Waals surface area contributed by atoms with Crippen molar-refractivity contribution in [3.8, 4) is 5.69 Å². The zero-order valence-electron chi connectivity index (χ0n) is 15.7. The van der Waals surface area contributed by atoms with Gasteiger partial charge in [0.1, 0.15) is 5.82 Å². The van der Waals surface area contributed by atoms with Gasteiger partial charge in [0.25, 0.3) is 5.91 Å². The van der Waals surface area contributed by atoms with Crippen LogP contribution >= 0.6 is 0 Å². The van der Waals surface area contributed by atoms with E-state index in [1.165, 1.54) is 5.56 Å². The first-order valence-corrected chi connectivity index (χ1v) is 8.91. The molecule has 1 aromatic carbocycles. The highest BCUT2D eigenvalue weighted by atomic mass is 16.2. The molecule has 2 aromatic rings. The highest BCUT2D eigenvalue weighted by Crippen LogP contribution is 2.23. The number of carbonyl (C=O) groups is 1. The molecule has 1 amide bonds. The number of aryl methyl sites for hydroxylation is 1. The van der Waals surface area contributed by atoms with Gasteiger partial charge in [0, 0.05) is 25.7 Å². The lowest BCUT2D eigenvalue weighted by Gasteiger charge is -2.37. The van der Waals surface area contributed by atoms with Crippen LogP contribution in [0.5, 0.6) is 0 Å². The summed E-state index contributed by atoms with van der Waals surface area (Å²) in [6.07, 6.45) is 0. The average Bonchev–Trinajstić information content (AvgIpc) is 2.96. The van der Waals surface area contributed by atoms with Crippen molar-refractivity contribution in [2.75, 3.05) is 26.7 Å². The van der Waals surface area contributed by atoms with Crippen molar-refractivity contribution >= 4 is 5.91 Å². The second kappa shape index (κ2) is 6.96. The van der Waals surface area contributed by atoms with Crippen molar-refractivity contribution in [3.63, 3.8) is 0 Å². The van der Waals surface area contributed by atoms with Gasteiger partial charge in [-0.2, -0.15) is 0 Å². The number of hydrogen-bond acceptors (Lipinski definition) is 4. The van der Waals surface area contributed by atoms with Crippen LogP contribution in [0.3, 0.4) is 0 Å². The highest BCUT2D eigenvalue weighted by molar-refractivity contribution is 5.90. The van der Waals surface area contributed by atoms with E-state index in [0.717, 1.165) is 24.6 Å². The molecular formula is C19H27N5O. The Bertz CT molecular complexity index is 767. The zero-order valence-corrected chi connectivity index (χ0v) is 15.7. The van der Waals surface area contributed by atoms with Gasteiger partial charge >= 0.3 is 0 Å². The summed E-state index contributed by atoms with van der Waals surface area (Å²) in [4.78, 5) is 21.5. The smallest absolute Gasteiger partial charge is 0.293 e. The molecule has 6 nitrogen and oxygen atoms in total. The summed E-state index contributed by atoms with van der Waals surface area (Å²) in [7, 11) is 2.08. The molecule has 0 N–H and O–H groups in total. The molecule has 1 aliphatic heterocycles. The molecule has 0 unspecified atom stereocenters. The van der Waals surface area contributed by atoms with Crippen LogP contribution in [-0.4, -0.2) is 63.2 Å². The number of benzene rings is 1. The third-order valence-electron chi connectivity index (χ3n) is 4.84. The Morgan fingerprint density at radius 1 is 1.24 bits per heavy atom. The minimum absolute atomic E-state index is 0.0792. The molecule has 0 radical (unpaired) electrons. The fourth-order valence-corrected chi connectivity index (χ4v) is 3.45. The third kappa shape index (κ3) is 3.44. The summed E-state index contributed by atoms with van der Waals surface area (Å²) in [6, 6.07) is 8.33. The summed E-state index contributed by atoms with van der Waals surface area (Å²) < 4.78 is 1.79. The largest absolute Gasteiger partial charge is 0.331 e. The maximum absolute atomic E-state index is 12.9. The third-order valence-corrected chi connectivity index (χ3v) is 4.84. The van der Waals surface area contributed by atoms with Gasteiger partial charge in [0.15, 0.2) is 0 Å². The van der Waals surface area contributed by atoms with Gasteiger partial charge in [-0.1, -0.05) is 32.0 Å². The minimum Gasteiger partial charge on any atom is -0.331 e. The Morgan fingerprint density at radius 3 is 2.64 bits per heavy atom. The monoisotopic (exact) mass is 341 g/mol. The van der Waals surface area contributed by atoms with Crippen molar-refractivity contribution in [1.82, 2.24) is 24.6 Å². The van der Waals surface area contributed by atoms with Crippen LogP contribution in [0.15, 0.2) is 24.3 Å². The molecule has 1 aromatic heterocycles. The second-order valence-corrected chi connectivity index (χ2v) is 7.22. The van der Waals surface area contributed by atoms with E-state index in [1.54, 1.807) is 4.68 Å². The highest BCUT2D eigenvalue weighted by Gasteiger charge is 2.29. The van der Waals surface area contributed by atoms with Gasteiger partial charge < -0.3 is 9.80 Å². The van der Waals surface area contributed by atoms with Gasteiger partial charge in [-0.25, -0.2) is 9.67 Å². The van der Waals surface area contributed by atoms with E-state index in [0.29, 0.717) is 12.5 Å². The number of hydrogen-bond donors (Lipinski definition) is 0. The number of rotatable bonds is 3. The van der Waals surface area contributed by atoms with E-state index in [4.69, 9.17) is 0 Å². The van der Waals surface area contributed by atoms with Crippen molar-refractivity contribution in [2.24, 2.45) is 0 Å². The Morgan fingerprint density at radius 2 is 1.96 bits per heavy atom. The normalized spacial score (nSPS) is 18.8. The van der Waals surface area contributed by atoms with Gasteiger partial charge in [0.05, 0.1) is 5.69 Å². The molecular weight excluding hydrogens is 314 g/mol. The number of likely N-dealkylation sites (N-methyl/N-ethyl adjacent to an activating group) is 1. The molecule has 3 rings (SSSR count). The maximum atomic E-state index is 12.9. The SMILES string of the molecule is Cc1nc(C(=O)N2CCN(C)C[C@H]2C)nn1-c1ccccc1C(C)C. The van der Waals surface area contributed by atoms with E-state index in [2.05, 4.69) is 48.9 Å². The van der Waals surface area contributed by atoms with Crippen molar-refractivity contribution in [2.45, 2.75) is 39.7 Å². The first-order valence-electron chi connectivity index (χ1n) is 8.91. The molecule has 0 aliphatic carbocycles. The molecule has 1 aliphatic rings. The maximum Gasteiger partial charge on any atom is 0.293 e. The number of para-hydroxylation sites is 1. The fraction of sp³-hybridized carbons (Fsp3) is 0.526. The topological polar surface area (TPSA) is 54.3 Å². The molecule has 0 spiro atoms. The fourth-order valence-electron chi connectivity index (χ4n) is 3.45. The number of carbonyl (C=O) groups excluding carboxylic acids is 1. The number of aromatic nitrogens is 3. The number of piperazine rings is 1. The second-order valence-electron chi connectivity index (χ2n) is 7.22. The standard InChI is InChI=1S/C19H27N5O/c1-13(2)16-8-6-7-9-17(16)24-15(4)20-18(21-24)19(25)23-11-10-22(5)12-14(23)3/h6-9,13-14H,10-12H2,1-5H3/t14-/m1/s1. The quantitative estimate of drug-likeness (QED) is 0.861. The van der Waals surface area contributed by atoms with Crippen molar-refractivity contribution < 1.29 is 4.79 Å². The number of amides is 1. The minimum atomic E-state index is -0.0792. The molecule has 2 heterocycles. The Kier molecular flexibility index (Phi) is 4.90. The Balaban J connectivity index is 1.92. The summed E-state index contributed by atoms with van der Waals surface area (Å²) in [5.41, 5.74) is 2.19. The predicted molar refractivity (Wildman–Crippen MR) is 98.2 cm³/mol. The summed E-state index contributed by atoms with van der Waals surface area (Å²) in [5.74, 6) is 1.31. The summed E-state index contributed by atoms with van der Waals surface area (Å²) in [6.45, 7) is 10.8. The van der Waals surface area contributed by atoms with E-state index < -0.39 is 0 Å². The van der Waals surface area contributed by atoms with E-state index in [1.807, 2.05) is 30.0 Å². The lowest BCUT2D eigenvalue weighted by atomic mass is 10.0. The molecule has 0 saturated carbocycles. The van der Waals surface area contributed by atoms with Crippen molar-refractivity contribution in [3.05, 3.63) is 41.5 Å². The average molecular weight is 341 g/mol. The first kappa shape index (κ1) is 17.6. The first-order chi connectivity index (χ1) is 11.9. The van der Waals surface area contributed by atoms with E-state index in [-0.39, 0.29) is 17.8 Å². The van der Waals surface area contributed by atoms with Crippen LogP contribution in [-0.2, 0) is 0 Å². The predicted octanol–water partition coefficient (Wildman–Crippen LogP) is 2.48. The lowest BCUT2D eigenvalue weighted by Crippen LogP contribution is -2.52. The zero-order chi connectivity index (χ0) is 18.1. The van der Waals surface area contributed by atoms with Crippen LogP contribution in [0.1, 0.15) is 48.7 Å². The van der Waals surface area contributed by atoms with E-state index >= 15 is 0 Å². The molecule has 25 heavy (non-hydrogen) atoms. The molecule has 1 atom stereocenters. The van der Waals surface area contributed by atoms with Gasteiger partial charge in [-0.15, -0.1) is 5.10 Å². The van der Waals surface area contributed by atoms with Crippen LogP contribution in [0, 0.1) is 6.92 Å². The molecule has 134 valence electrons. The summed E-state index contributed by atoms with van der Waals surface area (Å²) >= 11 is 0. The van der Waals surface area contributed by atoms with E-state index in [9.17, 15) is 4.79 Å².